The van der Waals surface area contributed by atoms with Gasteiger partial charge in [-0.3, -0.25) is 0 Å². The van der Waals surface area contributed by atoms with Crippen LogP contribution in [0.1, 0.15) is 0 Å². The van der Waals surface area contributed by atoms with Crippen molar-refractivity contribution in [3.8, 4) is 0 Å². The number of halogens is 4. The second kappa shape index (κ2) is 6.56. The highest BCUT2D eigenvalue weighted by Gasteiger charge is 2.33. The van der Waals surface area contributed by atoms with Gasteiger partial charge in [-0.05, 0) is 0 Å². The average molecular weight is 307 g/mol. The van der Waals surface area contributed by atoms with Gasteiger partial charge < -0.3 is 4.55 Å². The summed E-state index contributed by atoms with van der Waals surface area (Å²) in [5.41, 5.74) is 0. The molecule has 5 nitrogen and oxygen atoms in total. The maximum Gasteiger partial charge on any atom is 0.251 e. The summed E-state index contributed by atoms with van der Waals surface area (Å²) in [7, 11) is 1.08. The molecular formula is C7H5F4NO4S2. The first-order valence-corrected chi connectivity index (χ1v) is 5.94. The Bertz CT molecular complexity index is 421. The predicted octanol–water partition coefficient (Wildman–Crippen LogP) is 1.91. The van der Waals surface area contributed by atoms with E-state index in [4.69, 9.17) is 5.26 Å². The molecule has 102 valence electrons. The highest BCUT2D eigenvalue weighted by Crippen LogP contribution is 2.33. The van der Waals surface area contributed by atoms with Gasteiger partial charge in [0.25, 0.3) is 4.90 Å². The van der Waals surface area contributed by atoms with E-state index in [0.29, 0.717) is 0 Å². The molecule has 0 aliphatic heterocycles. The van der Waals surface area contributed by atoms with Crippen molar-refractivity contribution in [3.63, 3.8) is 0 Å². The minimum absolute atomic E-state index is 0.292. The zero-order valence-electron chi connectivity index (χ0n) is 8.50. The van der Waals surface area contributed by atoms with E-state index in [1.165, 1.54) is 0 Å². The van der Waals surface area contributed by atoms with Crippen molar-refractivity contribution in [1.82, 2.24) is 4.72 Å². The van der Waals surface area contributed by atoms with Crippen molar-refractivity contribution >= 4 is 23.4 Å². The van der Waals surface area contributed by atoms with Crippen LogP contribution in [0, 0.1) is 23.3 Å². The maximum atomic E-state index is 13.4. The molecule has 1 rings (SSSR count). The molecule has 0 aliphatic rings. The SMILES string of the molecule is CN[S+]([O-])c1c(F)c(F)c(SOOO)c(F)c1F. The van der Waals surface area contributed by atoms with Crippen molar-refractivity contribution < 1.29 is 36.7 Å². The molecule has 0 spiro atoms. The smallest absolute Gasteiger partial charge is 0.251 e. The summed E-state index contributed by atoms with van der Waals surface area (Å²) in [4.78, 5) is -2.52. The van der Waals surface area contributed by atoms with Crippen LogP contribution in [0.2, 0.25) is 0 Å². The van der Waals surface area contributed by atoms with Crippen LogP contribution in [0.15, 0.2) is 9.79 Å². The molecule has 0 saturated carbocycles. The summed E-state index contributed by atoms with van der Waals surface area (Å²) in [6, 6.07) is 0. The van der Waals surface area contributed by atoms with Crippen LogP contribution in [-0.4, -0.2) is 16.9 Å². The fourth-order valence-electron chi connectivity index (χ4n) is 0.979. The van der Waals surface area contributed by atoms with Crippen molar-refractivity contribution in [2.75, 3.05) is 7.05 Å². The van der Waals surface area contributed by atoms with Crippen LogP contribution in [0.4, 0.5) is 17.6 Å². The number of nitrogens with one attached hydrogen (secondary N) is 1. The quantitative estimate of drug-likeness (QED) is 0.216. The van der Waals surface area contributed by atoms with Crippen molar-refractivity contribution in [2.45, 2.75) is 9.79 Å². The van der Waals surface area contributed by atoms with Crippen LogP contribution in [-0.2, 0) is 20.7 Å². The zero-order valence-corrected chi connectivity index (χ0v) is 10.1. The molecule has 0 aliphatic carbocycles. The lowest BCUT2D eigenvalue weighted by atomic mass is 10.3. The van der Waals surface area contributed by atoms with E-state index in [2.05, 4.69) is 9.37 Å². The summed E-state index contributed by atoms with van der Waals surface area (Å²) in [6.07, 6.45) is 0. The van der Waals surface area contributed by atoms with E-state index in [0.717, 1.165) is 7.05 Å². The van der Waals surface area contributed by atoms with E-state index >= 15 is 0 Å². The Balaban J connectivity index is 3.36. The van der Waals surface area contributed by atoms with Gasteiger partial charge in [-0.15, -0.1) is 9.06 Å². The van der Waals surface area contributed by atoms with Crippen LogP contribution < -0.4 is 4.72 Å². The Kier molecular flexibility index (Phi) is 5.65. The topological polar surface area (TPSA) is 73.8 Å². The van der Waals surface area contributed by atoms with Gasteiger partial charge in [-0.1, -0.05) is 5.04 Å². The minimum atomic E-state index is -2.46. The molecule has 0 amide bonds. The van der Waals surface area contributed by atoms with E-state index in [1.54, 1.807) is 0 Å². The van der Waals surface area contributed by atoms with Crippen LogP contribution in [0.3, 0.4) is 0 Å². The Morgan fingerprint density at radius 2 is 1.67 bits per heavy atom. The van der Waals surface area contributed by atoms with Crippen LogP contribution in [0.5, 0.6) is 0 Å². The Morgan fingerprint density at radius 1 is 1.17 bits per heavy atom. The van der Waals surface area contributed by atoms with Crippen molar-refractivity contribution in [1.29, 1.82) is 0 Å². The second-order valence-electron chi connectivity index (χ2n) is 2.61. The molecule has 0 aromatic heterocycles. The van der Waals surface area contributed by atoms with Crippen LogP contribution >= 0.6 is 12.0 Å². The molecule has 1 aromatic rings. The third-order valence-electron chi connectivity index (χ3n) is 1.70. The van der Waals surface area contributed by atoms with Gasteiger partial charge in [-0.25, -0.2) is 14.0 Å². The van der Waals surface area contributed by atoms with Gasteiger partial charge in [0.05, 0.1) is 23.4 Å². The molecule has 18 heavy (non-hydrogen) atoms. The molecule has 2 N–H and O–H groups in total. The van der Waals surface area contributed by atoms with E-state index < -0.39 is 44.4 Å². The first kappa shape index (κ1) is 15.5. The van der Waals surface area contributed by atoms with E-state index in [9.17, 15) is 22.1 Å². The lowest BCUT2D eigenvalue weighted by Gasteiger charge is -2.11. The zero-order chi connectivity index (χ0) is 13.9. The van der Waals surface area contributed by atoms with Crippen molar-refractivity contribution in [2.24, 2.45) is 0 Å². The average Bonchev–Trinajstić information content (AvgIpc) is 2.36. The largest absolute Gasteiger partial charge is 0.593 e. The monoisotopic (exact) mass is 307 g/mol. The first-order valence-electron chi connectivity index (χ1n) is 4.05. The third-order valence-corrected chi connectivity index (χ3v) is 3.46. The summed E-state index contributed by atoms with van der Waals surface area (Å²) < 4.78 is 70.2. The molecule has 0 heterocycles. The third kappa shape index (κ3) is 2.88. The molecule has 0 saturated heterocycles. The van der Waals surface area contributed by atoms with Crippen LogP contribution in [0.25, 0.3) is 0 Å². The van der Waals surface area contributed by atoms with Crippen molar-refractivity contribution in [3.05, 3.63) is 23.3 Å². The summed E-state index contributed by atoms with van der Waals surface area (Å²) >= 11 is -2.75. The molecule has 1 unspecified atom stereocenters. The predicted molar refractivity (Wildman–Crippen MR) is 52.4 cm³/mol. The fraction of sp³-hybridized carbons (Fsp3) is 0.143. The van der Waals surface area contributed by atoms with E-state index in [1.807, 2.05) is 4.72 Å². The van der Waals surface area contributed by atoms with Gasteiger partial charge in [0.15, 0.2) is 11.6 Å². The van der Waals surface area contributed by atoms with Gasteiger partial charge in [0.1, 0.15) is 4.90 Å². The number of hydrogen-bond acceptors (Lipinski definition) is 6. The van der Waals surface area contributed by atoms with Gasteiger partial charge >= 0.3 is 0 Å². The fourth-order valence-corrected chi connectivity index (χ4v) is 2.11. The van der Waals surface area contributed by atoms with Gasteiger partial charge in [-0.2, -0.15) is 8.78 Å². The normalized spacial score (nSPS) is 12.8. The highest BCUT2D eigenvalue weighted by molar-refractivity contribution is 7.94. The molecule has 0 radical (unpaired) electrons. The minimum Gasteiger partial charge on any atom is -0.593 e. The molecule has 11 heteroatoms. The second-order valence-corrected chi connectivity index (χ2v) is 4.68. The molecular weight excluding hydrogens is 302 g/mol. The first-order chi connectivity index (χ1) is 8.45. The van der Waals surface area contributed by atoms with E-state index in [-0.39, 0.29) is 12.0 Å². The molecule has 0 bridgehead atoms. The maximum absolute atomic E-state index is 13.4. The Labute approximate surface area is 105 Å². The summed E-state index contributed by atoms with van der Waals surface area (Å²) in [5, 5.41) is 10.8. The lowest BCUT2D eigenvalue weighted by Crippen LogP contribution is -2.23. The summed E-state index contributed by atoms with van der Waals surface area (Å²) in [5.74, 6) is -7.33. The number of hydrogen-bond donors (Lipinski definition) is 2. The standard InChI is InChI=1S/C7H5F4NO4S2/c1-12-18(14)7-4(10)2(8)6(17-16-15-13)3(9)5(7)11/h12-13H,1H3. The molecule has 1 atom stereocenters. The summed E-state index contributed by atoms with van der Waals surface area (Å²) in [6.45, 7) is 0. The lowest BCUT2D eigenvalue weighted by molar-refractivity contribution is -0.432. The highest BCUT2D eigenvalue weighted by atomic mass is 32.2. The molecule has 0 fully saturated rings. The molecule has 1 aromatic carbocycles. The van der Waals surface area contributed by atoms with Gasteiger partial charge in [0, 0.05) is 7.05 Å². The van der Waals surface area contributed by atoms with Gasteiger partial charge in [0.2, 0.25) is 11.6 Å². The Hall–Kier alpha value is -0.560. The number of rotatable bonds is 5. The number of benzene rings is 1. The Morgan fingerprint density at radius 3 is 2.06 bits per heavy atom.